The van der Waals surface area contributed by atoms with Gasteiger partial charge in [0.2, 0.25) is 0 Å². The van der Waals surface area contributed by atoms with E-state index in [-0.39, 0.29) is 5.91 Å². The minimum atomic E-state index is -1.01. The second-order valence-electron chi connectivity index (χ2n) is 4.84. The van der Waals surface area contributed by atoms with Gasteiger partial charge in [0.05, 0.1) is 0 Å². The Labute approximate surface area is 111 Å². The molecule has 5 heteroatoms. The zero-order chi connectivity index (χ0) is 14.0. The van der Waals surface area contributed by atoms with Crippen LogP contribution >= 0.6 is 0 Å². The zero-order valence-corrected chi connectivity index (χ0v) is 11.0. The van der Waals surface area contributed by atoms with E-state index in [2.05, 4.69) is 5.32 Å². The van der Waals surface area contributed by atoms with E-state index in [1.165, 1.54) is 0 Å². The zero-order valence-electron chi connectivity index (χ0n) is 11.0. The summed E-state index contributed by atoms with van der Waals surface area (Å²) in [6, 6.07) is 5.79. The number of carbonyl (C=O) groups is 2. The number of carboxylic acid groups (broad SMARTS) is 1. The van der Waals surface area contributed by atoms with Crippen LogP contribution in [0.15, 0.2) is 18.2 Å². The summed E-state index contributed by atoms with van der Waals surface area (Å²) in [4.78, 5) is 22.8. The molecule has 0 saturated carbocycles. The largest absolute Gasteiger partial charge is 0.479 e. The number of amides is 1. The van der Waals surface area contributed by atoms with Crippen molar-refractivity contribution < 1.29 is 19.4 Å². The summed E-state index contributed by atoms with van der Waals surface area (Å²) in [5, 5.41) is 11.6. The molecule has 1 aliphatic heterocycles. The highest BCUT2D eigenvalue weighted by Gasteiger charge is 2.34. The lowest BCUT2D eigenvalue weighted by atomic mass is 10.1. The molecule has 19 heavy (non-hydrogen) atoms. The molecule has 0 aliphatic carbocycles. The second-order valence-corrected chi connectivity index (χ2v) is 4.84. The number of nitrogens with one attached hydrogen (secondary N) is 1. The minimum Gasteiger partial charge on any atom is -0.479 e. The van der Waals surface area contributed by atoms with Crippen molar-refractivity contribution in [3.63, 3.8) is 0 Å². The van der Waals surface area contributed by atoms with Crippen LogP contribution in [-0.2, 0) is 14.3 Å². The Balaban J connectivity index is 2.02. The monoisotopic (exact) mass is 263 g/mol. The molecule has 1 aromatic carbocycles. The van der Waals surface area contributed by atoms with Gasteiger partial charge in [0.1, 0.15) is 6.10 Å². The van der Waals surface area contributed by atoms with Crippen molar-refractivity contribution in [3.05, 3.63) is 29.3 Å². The van der Waals surface area contributed by atoms with Gasteiger partial charge in [-0.25, -0.2) is 4.79 Å². The summed E-state index contributed by atoms with van der Waals surface area (Å²) in [7, 11) is 0. The Morgan fingerprint density at radius 1 is 1.26 bits per heavy atom. The number of aryl methyl sites for hydroxylation is 2. The number of carboxylic acids is 1. The molecule has 102 valence electrons. The van der Waals surface area contributed by atoms with Gasteiger partial charge in [0.25, 0.3) is 5.91 Å². The maximum absolute atomic E-state index is 12.0. The van der Waals surface area contributed by atoms with Crippen molar-refractivity contribution in [2.24, 2.45) is 0 Å². The van der Waals surface area contributed by atoms with E-state index in [1.54, 1.807) is 0 Å². The molecule has 0 radical (unpaired) electrons. The number of benzene rings is 1. The van der Waals surface area contributed by atoms with Crippen LogP contribution in [0.3, 0.4) is 0 Å². The molecule has 2 N–H and O–H groups in total. The van der Waals surface area contributed by atoms with E-state index in [9.17, 15) is 9.59 Å². The minimum absolute atomic E-state index is 0.280. The number of anilines is 1. The van der Waals surface area contributed by atoms with Crippen LogP contribution < -0.4 is 5.32 Å². The fourth-order valence-corrected chi connectivity index (χ4v) is 2.10. The number of rotatable bonds is 3. The average molecular weight is 263 g/mol. The molecule has 2 rings (SSSR count). The smallest absolute Gasteiger partial charge is 0.332 e. The normalized spacial score (nSPS) is 22.2. The van der Waals surface area contributed by atoms with Crippen molar-refractivity contribution in [1.29, 1.82) is 0 Å². The van der Waals surface area contributed by atoms with Crippen LogP contribution in [0.1, 0.15) is 24.0 Å². The average Bonchev–Trinajstić information content (AvgIpc) is 2.83. The van der Waals surface area contributed by atoms with Crippen LogP contribution in [0.25, 0.3) is 0 Å². The van der Waals surface area contributed by atoms with Gasteiger partial charge in [-0.3, -0.25) is 4.79 Å². The Hall–Kier alpha value is -1.88. The summed E-state index contributed by atoms with van der Waals surface area (Å²) in [5.74, 6) is -1.29. The molecule has 1 heterocycles. The second kappa shape index (κ2) is 5.40. The summed E-state index contributed by atoms with van der Waals surface area (Å²) in [6.07, 6.45) is -0.733. The van der Waals surface area contributed by atoms with E-state index in [0.717, 1.165) is 16.8 Å². The molecule has 1 saturated heterocycles. The van der Waals surface area contributed by atoms with E-state index in [4.69, 9.17) is 9.84 Å². The maximum Gasteiger partial charge on any atom is 0.332 e. The molecule has 1 aliphatic rings. The summed E-state index contributed by atoms with van der Waals surface area (Å²) >= 11 is 0. The van der Waals surface area contributed by atoms with Crippen molar-refractivity contribution in [3.8, 4) is 0 Å². The summed E-state index contributed by atoms with van der Waals surface area (Å²) in [5.41, 5.74) is 2.76. The predicted molar refractivity (Wildman–Crippen MR) is 70.1 cm³/mol. The van der Waals surface area contributed by atoms with E-state index >= 15 is 0 Å². The van der Waals surface area contributed by atoms with Crippen molar-refractivity contribution >= 4 is 17.6 Å². The van der Waals surface area contributed by atoms with Gasteiger partial charge < -0.3 is 15.2 Å². The molecule has 2 atom stereocenters. The first kappa shape index (κ1) is 13.5. The SMILES string of the molecule is Cc1ccc(C)c(NC(=O)C2CCC(C(=O)O)O2)c1. The lowest BCUT2D eigenvalue weighted by Gasteiger charge is -2.13. The molecule has 2 unspecified atom stereocenters. The summed E-state index contributed by atoms with van der Waals surface area (Å²) < 4.78 is 5.22. The Bertz CT molecular complexity index is 512. The number of hydrogen-bond donors (Lipinski definition) is 2. The highest BCUT2D eigenvalue weighted by Crippen LogP contribution is 2.23. The molecule has 5 nitrogen and oxygen atoms in total. The number of aliphatic carboxylic acids is 1. The molecular weight excluding hydrogens is 246 g/mol. The fraction of sp³-hybridized carbons (Fsp3) is 0.429. The van der Waals surface area contributed by atoms with Gasteiger partial charge in [0, 0.05) is 5.69 Å². The predicted octanol–water partition coefficient (Wildman–Crippen LogP) is 1.87. The molecule has 1 amide bonds. The van der Waals surface area contributed by atoms with E-state index < -0.39 is 18.2 Å². The standard InChI is InChI=1S/C14H17NO4/c1-8-3-4-9(2)10(7-8)15-13(16)11-5-6-12(19-11)14(17)18/h3-4,7,11-12H,5-6H2,1-2H3,(H,15,16)(H,17,18). The van der Waals surface area contributed by atoms with Crippen LogP contribution in [0.5, 0.6) is 0 Å². The maximum atomic E-state index is 12.0. The quantitative estimate of drug-likeness (QED) is 0.873. The van der Waals surface area contributed by atoms with E-state index in [0.29, 0.717) is 12.8 Å². The van der Waals surface area contributed by atoms with Crippen LogP contribution in [-0.4, -0.2) is 29.2 Å². The van der Waals surface area contributed by atoms with Gasteiger partial charge in [-0.1, -0.05) is 12.1 Å². The number of carbonyl (C=O) groups excluding carboxylic acids is 1. The summed E-state index contributed by atoms with van der Waals surface area (Å²) in [6.45, 7) is 3.85. The third kappa shape index (κ3) is 3.12. The van der Waals surface area contributed by atoms with Gasteiger partial charge in [0.15, 0.2) is 6.10 Å². The van der Waals surface area contributed by atoms with Crippen molar-refractivity contribution in [1.82, 2.24) is 0 Å². The van der Waals surface area contributed by atoms with Crippen molar-refractivity contribution in [2.75, 3.05) is 5.32 Å². The first-order valence-electron chi connectivity index (χ1n) is 6.24. The number of hydrogen-bond acceptors (Lipinski definition) is 3. The van der Waals surface area contributed by atoms with Gasteiger partial charge in [-0.2, -0.15) is 0 Å². The molecule has 0 spiro atoms. The Morgan fingerprint density at radius 3 is 2.58 bits per heavy atom. The lowest BCUT2D eigenvalue weighted by Crippen LogP contribution is -2.30. The third-order valence-electron chi connectivity index (χ3n) is 3.24. The highest BCUT2D eigenvalue weighted by atomic mass is 16.5. The number of ether oxygens (including phenoxy) is 1. The first-order chi connectivity index (χ1) is 8.97. The van der Waals surface area contributed by atoms with Crippen molar-refractivity contribution in [2.45, 2.75) is 38.9 Å². The fourth-order valence-electron chi connectivity index (χ4n) is 2.10. The topological polar surface area (TPSA) is 75.6 Å². The van der Waals surface area contributed by atoms with Gasteiger partial charge >= 0.3 is 5.97 Å². The van der Waals surface area contributed by atoms with Crippen LogP contribution in [0, 0.1) is 13.8 Å². The first-order valence-corrected chi connectivity index (χ1v) is 6.24. The molecule has 1 fully saturated rings. The third-order valence-corrected chi connectivity index (χ3v) is 3.24. The molecule has 1 aromatic rings. The molecular formula is C14H17NO4. The highest BCUT2D eigenvalue weighted by molar-refractivity contribution is 5.95. The van der Waals surface area contributed by atoms with Crippen LogP contribution in [0.4, 0.5) is 5.69 Å². The molecule has 0 aromatic heterocycles. The van der Waals surface area contributed by atoms with E-state index in [1.807, 2.05) is 32.0 Å². The lowest BCUT2D eigenvalue weighted by molar-refractivity contribution is -0.150. The Kier molecular flexibility index (Phi) is 3.85. The molecule has 0 bridgehead atoms. The van der Waals surface area contributed by atoms with Gasteiger partial charge in [-0.15, -0.1) is 0 Å². The Morgan fingerprint density at radius 2 is 1.95 bits per heavy atom. The van der Waals surface area contributed by atoms with Gasteiger partial charge in [-0.05, 0) is 43.9 Å². The van der Waals surface area contributed by atoms with Crippen LogP contribution in [0.2, 0.25) is 0 Å².